The second kappa shape index (κ2) is 16.9. The summed E-state index contributed by atoms with van der Waals surface area (Å²) in [6.45, 7) is 0.439. The SMILES string of the molecule is O=C(O)CCCNC(=O)CCCc1ccc(I)cc1.O=C(O)CCCc1ccc(I)cc1. The van der Waals surface area contributed by atoms with Crippen molar-refractivity contribution in [2.75, 3.05) is 6.54 Å². The van der Waals surface area contributed by atoms with Crippen LogP contribution in [0.25, 0.3) is 0 Å². The third-order valence-corrected chi connectivity index (χ3v) is 5.88. The quantitative estimate of drug-likeness (QED) is 0.211. The number of aliphatic carboxylic acids is 2. The smallest absolute Gasteiger partial charge is 0.303 e. The minimum Gasteiger partial charge on any atom is -0.481 e. The number of hydrogen-bond acceptors (Lipinski definition) is 3. The molecule has 8 heteroatoms. The lowest BCUT2D eigenvalue weighted by Gasteiger charge is -2.04. The molecule has 0 radical (unpaired) electrons. The lowest BCUT2D eigenvalue weighted by Crippen LogP contribution is -2.24. The van der Waals surface area contributed by atoms with Crippen LogP contribution in [0.2, 0.25) is 0 Å². The molecular weight excluding hydrogens is 636 g/mol. The van der Waals surface area contributed by atoms with Gasteiger partial charge in [-0.2, -0.15) is 0 Å². The van der Waals surface area contributed by atoms with Gasteiger partial charge < -0.3 is 15.5 Å². The van der Waals surface area contributed by atoms with Crippen LogP contribution in [0.4, 0.5) is 0 Å². The van der Waals surface area contributed by atoms with Crippen molar-refractivity contribution in [1.82, 2.24) is 5.32 Å². The van der Waals surface area contributed by atoms with E-state index >= 15 is 0 Å². The average molecular weight is 665 g/mol. The highest BCUT2D eigenvalue weighted by molar-refractivity contribution is 14.1. The number of aryl methyl sites for hydroxylation is 2. The second-order valence-electron chi connectivity index (χ2n) is 7.20. The Hall–Kier alpha value is -1.69. The van der Waals surface area contributed by atoms with Crippen molar-refractivity contribution in [3.63, 3.8) is 0 Å². The number of nitrogens with one attached hydrogen (secondary N) is 1. The zero-order valence-corrected chi connectivity index (χ0v) is 22.2. The topological polar surface area (TPSA) is 104 Å². The Morgan fingerprint density at radius 1 is 0.656 bits per heavy atom. The van der Waals surface area contributed by atoms with Crippen LogP contribution in [0.3, 0.4) is 0 Å². The van der Waals surface area contributed by atoms with Gasteiger partial charge in [-0.3, -0.25) is 14.4 Å². The van der Waals surface area contributed by atoms with Gasteiger partial charge in [-0.25, -0.2) is 0 Å². The Morgan fingerprint density at radius 2 is 1.06 bits per heavy atom. The number of halogens is 2. The van der Waals surface area contributed by atoms with Crippen LogP contribution >= 0.6 is 45.2 Å². The van der Waals surface area contributed by atoms with E-state index in [0.717, 1.165) is 25.7 Å². The van der Waals surface area contributed by atoms with Gasteiger partial charge >= 0.3 is 11.9 Å². The zero-order chi connectivity index (χ0) is 23.8. The maximum absolute atomic E-state index is 11.5. The molecule has 174 valence electrons. The Balaban J connectivity index is 0.000000343. The van der Waals surface area contributed by atoms with E-state index in [1.165, 1.54) is 18.3 Å². The highest BCUT2D eigenvalue weighted by atomic mass is 127. The molecule has 2 aromatic rings. The Morgan fingerprint density at radius 3 is 1.50 bits per heavy atom. The molecule has 32 heavy (non-hydrogen) atoms. The second-order valence-corrected chi connectivity index (χ2v) is 9.69. The van der Waals surface area contributed by atoms with Gasteiger partial charge in [0.2, 0.25) is 5.91 Å². The largest absolute Gasteiger partial charge is 0.481 e. The molecule has 0 saturated heterocycles. The molecule has 2 aromatic carbocycles. The summed E-state index contributed by atoms with van der Waals surface area (Å²) in [5.41, 5.74) is 2.45. The number of carboxylic acids is 2. The van der Waals surface area contributed by atoms with Gasteiger partial charge in [0.1, 0.15) is 0 Å². The molecule has 0 heterocycles. The third kappa shape index (κ3) is 15.2. The van der Waals surface area contributed by atoms with E-state index in [4.69, 9.17) is 10.2 Å². The van der Waals surface area contributed by atoms with Crippen LogP contribution in [0, 0.1) is 7.14 Å². The van der Waals surface area contributed by atoms with Crippen LogP contribution in [0.1, 0.15) is 49.7 Å². The van der Waals surface area contributed by atoms with Crippen molar-refractivity contribution < 1.29 is 24.6 Å². The van der Waals surface area contributed by atoms with Gasteiger partial charge in [0.15, 0.2) is 0 Å². The molecule has 0 saturated carbocycles. The molecule has 3 N–H and O–H groups in total. The highest BCUT2D eigenvalue weighted by Gasteiger charge is 2.02. The molecule has 0 aliphatic carbocycles. The molecule has 1 amide bonds. The lowest BCUT2D eigenvalue weighted by molar-refractivity contribution is -0.138. The maximum atomic E-state index is 11.5. The number of carbonyl (C=O) groups excluding carboxylic acids is 1. The van der Waals surface area contributed by atoms with Gasteiger partial charge in [-0.1, -0.05) is 24.3 Å². The van der Waals surface area contributed by atoms with Crippen LogP contribution in [-0.2, 0) is 27.2 Å². The number of benzene rings is 2. The van der Waals surface area contributed by atoms with Gasteiger partial charge in [0, 0.05) is 32.9 Å². The Labute approximate surface area is 216 Å². The van der Waals surface area contributed by atoms with E-state index in [-0.39, 0.29) is 18.7 Å². The van der Waals surface area contributed by atoms with Crippen molar-refractivity contribution >= 4 is 63.0 Å². The van der Waals surface area contributed by atoms with E-state index in [1.807, 2.05) is 24.3 Å². The predicted octanol–water partition coefficient (Wildman–Crippen LogP) is 5.29. The van der Waals surface area contributed by atoms with Crippen LogP contribution in [-0.4, -0.2) is 34.6 Å². The first-order valence-electron chi connectivity index (χ1n) is 10.5. The third-order valence-electron chi connectivity index (χ3n) is 4.44. The average Bonchev–Trinajstić information content (AvgIpc) is 2.74. The van der Waals surface area contributed by atoms with E-state index < -0.39 is 11.9 Å². The minimum absolute atomic E-state index is 0.00380. The van der Waals surface area contributed by atoms with E-state index in [1.54, 1.807) is 0 Å². The predicted molar refractivity (Wildman–Crippen MR) is 142 cm³/mol. The van der Waals surface area contributed by atoms with Crippen molar-refractivity contribution in [1.29, 1.82) is 0 Å². The van der Waals surface area contributed by atoms with E-state index in [0.29, 0.717) is 19.4 Å². The molecule has 0 spiro atoms. The number of amides is 1. The summed E-state index contributed by atoms with van der Waals surface area (Å²) in [7, 11) is 0. The number of rotatable bonds is 12. The summed E-state index contributed by atoms with van der Waals surface area (Å²) in [6, 6.07) is 16.4. The summed E-state index contributed by atoms with van der Waals surface area (Å²) < 4.78 is 2.41. The van der Waals surface area contributed by atoms with E-state index in [9.17, 15) is 14.4 Å². The van der Waals surface area contributed by atoms with Crippen LogP contribution < -0.4 is 5.32 Å². The number of carbonyl (C=O) groups is 3. The molecule has 2 rings (SSSR count). The first-order chi connectivity index (χ1) is 15.3. The molecule has 0 aliphatic heterocycles. The molecule has 0 aromatic heterocycles. The van der Waals surface area contributed by atoms with Crippen molar-refractivity contribution in [2.45, 2.75) is 51.4 Å². The first kappa shape index (κ1) is 28.3. The fourth-order valence-corrected chi connectivity index (χ4v) is 3.47. The Kier molecular flexibility index (Phi) is 14.9. The summed E-state index contributed by atoms with van der Waals surface area (Å²) >= 11 is 4.51. The maximum Gasteiger partial charge on any atom is 0.303 e. The first-order valence-corrected chi connectivity index (χ1v) is 12.6. The van der Waals surface area contributed by atoms with Gasteiger partial charge in [0.05, 0.1) is 0 Å². The zero-order valence-electron chi connectivity index (χ0n) is 17.9. The standard InChI is InChI=1S/C14H18INO3.C10H11IO2/c15-12-8-6-11(7-9-12)3-1-4-13(17)16-10-2-5-14(18)19;11-9-6-4-8(5-7-9)2-1-3-10(12)13/h6-9H,1-5,10H2,(H,16,17)(H,18,19);4-7H,1-3H2,(H,12,13). The molecular formula is C24H29I2NO5. The summed E-state index contributed by atoms with van der Waals surface area (Å²) in [6.07, 6.45) is 4.59. The summed E-state index contributed by atoms with van der Waals surface area (Å²) in [4.78, 5) is 32.0. The van der Waals surface area contributed by atoms with Gasteiger partial charge in [-0.15, -0.1) is 0 Å². The van der Waals surface area contributed by atoms with Crippen LogP contribution in [0.5, 0.6) is 0 Å². The van der Waals surface area contributed by atoms with Crippen LogP contribution in [0.15, 0.2) is 48.5 Å². The lowest BCUT2D eigenvalue weighted by atomic mass is 10.1. The number of hydrogen-bond donors (Lipinski definition) is 3. The molecule has 0 fully saturated rings. The minimum atomic E-state index is -0.826. The highest BCUT2D eigenvalue weighted by Crippen LogP contribution is 2.10. The van der Waals surface area contributed by atoms with Gasteiger partial charge in [-0.05, 0) is 113 Å². The summed E-state index contributed by atoms with van der Waals surface area (Å²) in [5.74, 6) is -1.55. The van der Waals surface area contributed by atoms with Crippen molar-refractivity contribution in [3.8, 4) is 0 Å². The molecule has 0 unspecified atom stereocenters. The summed E-state index contributed by atoms with van der Waals surface area (Å²) in [5, 5.41) is 19.6. The number of carboxylic acid groups (broad SMARTS) is 2. The fraction of sp³-hybridized carbons (Fsp3) is 0.375. The monoisotopic (exact) mass is 665 g/mol. The van der Waals surface area contributed by atoms with Gasteiger partial charge in [0.25, 0.3) is 0 Å². The normalized spacial score (nSPS) is 10.1. The van der Waals surface area contributed by atoms with E-state index in [2.05, 4.69) is 74.8 Å². The van der Waals surface area contributed by atoms with Crippen molar-refractivity contribution in [2.24, 2.45) is 0 Å². The molecule has 0 aliphatic rings. The van der Waals surface area contributed by atoms with Crippen molar-refractivity contribution in [3.05, 3.63) is 66.8 Å². The Bertz CT molecular complexity index is 838. The molecule has 6 nitrogen and oxygen atoms in total. The fourth-order valence-electron chi connectivity index (χ4n) is 2.75. The molecule has 0 bridgehead atoms. The molecule has 0 atom stereocenters.